The fourth-order valence-corrected chi connectivity index (χ4v) is 5.56. The second kappa shape index (κ2) is 9.99. The van der Waals surface area contributed by atoms with E-state index in [0.717, 1.165) is 16.0 Å². The summed E-state index contributed by atoms with van der Waals surface area (Å²) in [5.41, 5.74) is 2.75. The predicted molar refractivity (Wildman–Crippen MR) is 131 cm³/mol. The van der Waals surface area contributed by atoms with Crippen molar-refractivity contribution >= 4 is 33.0 Å². The number of sulfonamides is 1. The third-order valence-electron chi connectivity index (χ3n) is 4.94. The van der Waals surface area contributed by atoms with Crippen LogP contribution in [-0.4, -0.2) is 21.4 Å². The van der Waals surface area contributed by atoms with E-state index in [2.05, 4.69) is 10.0 Å². The van der Waals surface area contributed by atoms with Crippen LogP contribution >= 0.6 is 11.3 Å². The molecule has 0 aliphatic rings. The van der Waals surface area contributed by atoms with Gasteiger partial charge in [0, 0.05) is 17.0 Å². The summed E-state index contributed by atoms with van der Waals surface area (Å²) >= 11 is 1.22. The molecule has 0 unspecified atom stereocenters. The molecule has 0 atom stereocenters. The molecule has 1 amide bonds. The number of nitrogens with one attached hydrogen (secondary N) is 2. The Labute approximate surface area is 196 Å². The second-order valence-electron chi connectivity index (χ2n) is 7.16. The molecule has 1 heterocycles. The molecule has 0 aliphatic carbocycles. The maximum atomic E-state index is 12.7. The zero-order valence-electron chi connectivity index (χ0n) is 17.8. The van der Waals surface area contributed by atoms with Gasteiger partial charge in [-0.25, -0.2) is 13.1 Å². The molecule has 0 radical (unpaired) electrons. The molecule has 4 aromatic rings. The van der Waals surface area contributed by atoms with Crippen LogP contribution < -0.4 is 14.8 Å². The summed E-state index contributed by atoms with van der Waals surface area (Å²) in [5.74, 6) is 0.291. The van der Waals surface area contributed by atoms with Gasteiger partial charge in [0.25, 0.3) is 5.91 Å². The predicted octanol–water partition coefficient (Wildman–Crippen LogP) is 5.15. The number of ether oxygens (including phenoxy) is 1. The van der Waals surface area contributed by atoms with Gasteiger partial charge in [-0.05, 0) is 47.5 Å². The molecule has 0 saturated carbocycles. The van der Waals surface area contributed by atoms with Crippen LogP contribution in [0.3, 0.4) is 0 Å². The molecule has 0 bridgehead atoms. The average molecular weight is 479 g/mol. The SMILES string of the molecule is COc1ccccc1NC(=O)c1ccc(CNS(=O)(=O)c2ccc(-c3ccccc3)s2)cc1. The molecule has 0 saturated heterocycles. The monoisotopic (exact) mass is 478 g/mol. The van der Waals surface area contributed by atoms with Gasteiger partial charge in [-0.15, -0.1) is 11.3 Å². The van der Waals surface area contributed by atoms with E-state index in [1.807, 2.05) is 48.5 Å². The van der Waals surface area contributed by atoms with Crippen molar-refractivity contribution < 1.29 is 17.9 Å². The molecule has 2 N–H and O–H groups in total. The van der Waals surface area contributed by atoms with Crippen LogP contribution in [0.1, 0.15) is 15.9 Å². The van der Waals surface area contributed by atoms with Crippen LogP contribution in [-0.2, 0) is 16.6 Å². The first kappa shape index (κ1) is 22.7. The standard InChI is InChI=1S/C25H22N2O4S2/c1-31-22-10-6-5-9-21(22)27-25(28)20-13-11-18(12-14-20)17-26-33(29,30)24-16-15-23(32-24)19-7-3-2-4-8-19/h2-16,26H,17H2,1H3,(H,27,28). The van der Waals surface area contributed by atoms with Crippen molar-refractivity contribution in [3.63, 3.8) is 0 Å². The summed E-state index contributed by atoms with van der Waals surface area (Å²) in [6.07, 6.45) is 0. The molecule has 3 aromatic carbocycles. The van der Waals surface area contributed by atoms with Crippen LogP contribution in [0.15, 0.2) is 95.2 Å². The first-order valence-corrected chi connectivity index (χ1v) is 12.4. The number of thiophene rings is 1. The van der Waals surface area contributed by atoms with Crippen molar-refractivity contribution in [1.29, 1.82) is 0 Å². The van der Waals surface area contributed by atoms with Crippen LogP contribution in [0.4, 0.5) is 5.69 Å². The third kappa shape index (κ3) is 5.48. The van der Waals surface area contributed by atoms with Gasteiger partial charge in [-0.3, -0.25) is 4.79 Å². The van der Waals surface area contributed by atoms with Crippen molar-refractivity contribution in [3.8, 4) is 16.2 Å². The minimum atomic E-state index is -3.65. The van der Waals surface area contributed by atoms with E-state index in [9.17, 15) is 13.2 Å². The van der Waals surface area contributed by atoms with E-state index in [1.165, 1.54) is 11.3 Å². The van der Waals surface area contributed by atoms with Crippen LogP contribution in [0.25, 0.3) is 10.4 Å². The topological polar surface area (TPSA) is 84.5 Å². The van der Waals surface area contributed by atoms with Gasteiger partial charge in [-0.2, -0.15) is 0 Å². The Kier molecular flexibility index (Phi) is 6.88. The van der Waals surface area contributed by atoms with Gasteiger partial charge in [0.15, 0.2) is 0 Å². The van der Waals surface area contributed by atoms with E-state index in [1.54, 1.807) is 49.6 Å². The lowest BCUT2D eigenvalue weighted by atomic mass is 10.1. The van der Waals surface area contributed by atoms with Gasteiger partial charge in [0.2, 0.25) is 10.0 Å². The van der Waals surface area contributed by atoms with Crippen molar-refractivity contribution in [3.05, 3.63) is 102 Å². The quantitative estimate of drug-likeness (QED) is 0.367. The summed E-state index contributed by atoms with van der Waals surface area (Å²) in [6, 6.07) is 27.0. The number of hydrogen-bond acceptors (Lipinski definition) is 5. The largest absolute Gasteiger partial charge is 0.495 e. The molecular formula is C25H22N2O4S2. The average Bonchev–Trinajstić information content (AvgIpc) is 3.36. The number of carbonyl (C=O) groups is 1. The first-order chi connectivity index (χ1) is 16.0. The highest BCUT2D eigenvalue weighted by Crippen LogP contribution is 2.30. The maximum absolute atomic E-state index is 12.7. The van der Waals surface area contributed by atoms with Gasteiger partial charge in [0.1, 0.15) is 9.96 Å². The Morgan fingerprint density at radius 2 is 1.58 bits per heavy atom. The van der Waals surface area contributed by atoms with Crippen LogP contribution in [0, 0.1) is 0 Å². The number of carbonyl (C=O) groups excluding carboxylic acids is 1. The molecule has 1 aromatic heterocycles. The highest BCUT2D eigenvalue weighted by molar-refractivity contribution is 7.91. The normalized spacial score (nSPS) is 11.2. The maximum Gasteiger partial charge on any atom is 0.255 e. The minimum absolute atomic E-state index is 0.120. The molecule has 0 aliphatic heterocycles. The van der Waals surface area contributed by atoms with E-state index < -0.39 is 10.0 Å². The Morgan fingerprint density at radius 1 is 0.879 bits per heavy atom. The smallest absolute Gasteiger partial charge is 0.255 e. The molecule has 0 fully saturated rings. The Hall–Kier alpha value is -3.46. The summed E-state index contributed by atoms with van der Waals surface area (Å²) in [7, 11) is -2.10. The van der Waals surface area contributed by atoms with Crippen molar-refractivity contribution in [2.45, 2.75) is 10.8 Å². The fraction of sp³-hybridized carbons (Fsp3) is 0.0800. The number of hydrogen-bond donors (Lipinski definition) is 2. The second-order valence-corrected chi connectivity index (χ2v) is 10.2. The Balaban J connectivity index is 1.39. The lowest BCUT2D eigenvalue weighted by Gasteiger charge is -2.10. The summed E-state index contributed by atoms with van der Waals surface area (Å²) < 4.78 is 33.6. The fourth-order valence-electron chi connectivity index (χ4n) is 3.19. The molecule has 0 spiro atoms. The van der Waals surface area contributed by atoms with Crippen molar-refractivity contribution in [2.75, 3.05) is 12.4 Å². The molecule has 33 heavy (non-hydrogen) atoms. The summed E-state index contributed by atoms with van der Waals surface area (Å²) in [6.45, 7) is 0.120. The van der Waals surface area contributed by atoms with E-state index >= 15 is 0 Å². The van der Waals surface area contributed by atoms with Crippen molar-refractivity contribution in [2.24, 2.45) is 0 Å². The van der Waals surface area contributed by atoms with E-state index in [4.69, 9.17) is 4.74 Å². The number of methoxy groups -OCH3 is 1. The molecule has 6 nitrogen and oxygen atoms in total. The zero-order valence-corrected chi connectivity index (χ0v) is 19.4. The lowest BCUT2D eigenvalue weighted by molar-refractivity contribution is 0.102. The molecule has 168 valence electrons. The molecule has 4 rings (SSSR count). The van der Waals surface area contributed by atoms with Crippen LogP contribution in [0.2, 0.25) is 0 Å². The van der Waals surface area contributed by atoms with E-state index in [0.29, 0.717) is 17.0 Å². The number of rotatable bonds is 8. The highest BCUT2D eigenvalue weighted by atomic mass is 32.2. The van der Waals surface area contributed by atoms with Gasteiger partial charge >= 0.3 is 0 Å². The van der Waals surface area contributed by atoms with Crippen molar-refractivity contribution in [1.82, 2.24) is 4.72 Å². The zero-order chi connectivity index (χ0) is 23.3. The Bertz CT molecular complexity index is 1350. The van der Waals surface area contributed by atoms with Gasteiger partial charge < -0.3 is 10.1 Å². The molecular weight excluding hydrogens is 456 g/mol. The number of anilines is 1. The summed E-state index contributed by atoms with van der Waals surface area (Å²) in [4.78, 5) is 13.4. The number of amides is 1. The third-order valence-corrected chi connectivity index (χ3v) is 7.97. The lowest BCUT2D eigenvalue weighted by Crippen LogP contribution is -2.22. The number of para-hydroxylation sites is 2. The molecule has 8 heteroatoms. The van der Waals surface area contributed by atoms with Gasteiger partial charge in [-0.1, -0.05) is 54.6 Å². The highest BCUT2D eigenvalue weighted by Gasteiger charge is 2.17. The summed E-state index contributed by atoms with van der Waals surface area (Å²) in [5, 5.41) is 2.82. The van der Waals surface area contributed by atoms with Gasteiger partial charge in [0.05, 0.1) is 12.8 Å². The Morgan fingerprint density at radius 3 is 2.30 bits per heavy atom. The van der Waals surface area contributed by atoms with E-state index in [-0.39, 0.29) is 16.7 Å². The first-order valence-electron chi connectivity index (χ1n) is 10.1. The number of benzene rings is 3. The minimum Gasteiger partial charge on any atom is -0.495 e. The van der Waals surface area contributed by atoms with Crippen LogP contribution in [0.5, 0.6) is 5.75 Å².